The molecule has 13 heteroatoms. The van der Waals surface area contributed by atoms with Gasteiger partial charge in [0.1, 0.15) is 19.0 Å². The number of hydrogen-bond acceptors (Lipinski definition) is 9. The van der Waals surface area contributed by atoms with Gasteiger partial charge in [-0.1, -0.05) is 31.0 Å². The average molecular weight is 759 g/mol. The van der Waals surface area contributed by atoms with E-state index in [1.165, 1.54) is 7.11 Å². The number of aryl methyl sites for hydroxylation is 1. The van der Waals surface area contributed by atoms with E-state index in [4.69, 9.17) is 21.1 Å². The summed E-state index contributed by atoms with van der Waals surface area (Å²) in [5, 5.41) is 12.6. The van der Waals surface area contributed by atoms with Gasteiger partial charge in [0.25, 0.3) is 5.91 Å². The minimum atomic E-state index is -3.98. The van der Waals surface area contributed by atoms with Gasteiger partial charge in [0.05, 0.1) is 16.5 Å². The Balaban J connectivity index is 1.32. The van der Waals surface area contributed by atoms with Gasteiger partial charge in [-0.2, -0.15) is 0 Å². The number of fused-ring (bicyclic) bond motifs is 3. The Morgan fingerprint density at radius 3 is 2.54 bits per heavy atom. The van der Waals surface area contributed by atoms with Crippen LogP contribution in [0.4, 0.5) is 5.69 Å². The number of rotatable bonds is 4. The Morgan fingerprint density at radius 2 is 1.81 bits per heavy atom. The molecule has 1 unspecified atom stereocenters. The average Bonchev–Trinajstić information content (AvgIpc) is 3.12. The number of carbonyl (C=O) groups excluding carboxylic acids is 2. The quantitative estimate of drug-likeness (QED) is 0.449. The molecule has 1 saturated heterocycles. The molecule has 52 heavy (non-hydrogen) atoms. The van der Waals surface area contributed by atoms with Gasteiger partial charge < -0.3 is 24.4 Å². The molecule has 5 atom stereocenters. The summed E-state index contributed by atoms with van der Waals surface area (Å²) in [5.41, 5.74) is 2.25. The van der Waals surface area contributed by atoms with Gasteiger partial charge in [-0.25, -0.2) is 13.1 Å². The fraction of sp³-hybridized carbons (Fsp3) is 0.641. The van der Waals surface area contributed by atoms with E-state index >= 15 is 0 Å². The van der Waals surface area contributed by atoms with Gasteiger partial charge in [-0.05, 0) is 111 Å². The number of hydrogen-bond donors (Lipinski definition) is 2. The molecule has 0 radical (unpaired) electrons. The second-order valence-electron chi connectivity index (χ2n) is 15.5. The first kappa shape index (κ1) is 38.8. The zero-order valence-corrected chi connectivity index (χ0v) is 32.4. The molecule has 2 bridgehead atoms. The number of methoxy groups -OCH3 is 1. The van der Waals surface area contributed by atoms with Gasteiger partial charge in [0.2, 0.25) is 15.9 Å². The van der Waals surface area contributed by atoms with Crippen molar-refractivity contribution in [2.75, 3.05) is 64.4 Å². The molecule has 286 valence electrons. The summed E-state index contributed by atoms with van der Waals surface area (Å²) in [6.07, 6.45) is 6.38. The number of piperazine rings is 1. The van der Waals surface area contributed by atoms with Crippen molar-refractivity contribution in [1.29, 1.82) is 0 Å². The Bertz CT molecular complexity index is 1700. The number of nitrogens with one attached hydrogen (secondary N) is 1. The summed E-state index contributed by atoms with van der Waals surface area (Å²) in [4.78, 5) is 32.4. The molecule has 3 aliphatic heterocycles. The number of sulfonamides is 1. The second kappa shape index (κ2) is 16.6. The van der Waals surface area contributed by atoms with Crippen LogP contribution in [0.2, 0.25) is 5.02 Å². The van der Waals surface area contributed by atoms with E-state index in [0.717, 1.165) is 48.9 Å². The standard InChI is InChI=1S/C39H55ClN4O7S/c1-27-7-6-15-39(47,26-42-17-19-43(20-18-42)37(45)25-50-3)34-13-10-31(34)23-44-16-5-4-8-29-21-33(40)12-9-32(29)24-51-36-14-11-30(22-35(36)44)38(46)41-52(48,49)28(27)2/h9,11-12,14,21-22,27-28,31,34,47H,4-8,10,13,15-20,23-26H2,1-3H3,(H,41,46)/t27-,28+,31-,34+,39?/m0/s1. The van der Waals surface area contributed by atoms with Crippen LogP contribution in [0, 0.1) is 17.8 Å². The number of β-amino-alcohol motifs (C(OH)–C–C–N with tert-alkyl or cyclic N) is 1. The smallest absolute Gasteiger partial charge is 0.264 e. The van der Waals surface area contributed by atoms with Crippen LogP contribution in [0.25, 0.3) is 0 Å². The molecule has 2 N–H and O–H groups in total. The van der Waals surface area contributed by atoms with Crippen LogP contribution in [0.5, 0.6) is 5.75 Å². The summed E-state index contributed by atoms with van der Waals surface area (Å²) >= 11 is 6.38. The molecule has 2 amide bonds. The number of ether oxygens (including phenoxy) is 2. The van der Waals surface area contributed by atoms with Crippen molar-refractivity contribution in [2.24, 2.45) is 17.8 Å². The number of benzene rings is 2. The van der Waals surface area contributed by atoms with E-state index in [0.29, 0.717) is 82.5 Å². The highest BCUT2D eigenvalue weighted by Crippen LogP contribution is 2.46. The van der Waals surface area contributed by atoms with E-state index < -0.39 is 26.8 Å². The molecule has 6 rings (SSSR count). The summed E-state index contributed by atoms with van der Waals surface area (Å²) in [5.74, 6) is -0.0185. The predicted molar refractivity (Wildman–Crippen MR) is 202 cm³/mol. The molecule has 3 heterocycles. The van der Waals surface area contributed by atoms with Crippen LogP contribution in [-0.4, -0.2) is 106 Å². The molecule has 0 spiro atoms. The van der Waals surface area contributed by atoms with Crippen LogP contribution in [-0.2, 0) is 32.6 Å². The first-order valence-electron chi connectivity index (χ1n) is 18.9. The van der Waals surface area contributed by atoms with Crippen LogP contribution in [0.15, 0.2) is 36.4 Å². The maximum atomic E-state index is 13.6. The van der Waals surface area contributed by atoms with Crippen molar-refractivity contribution in [1.82, 2.24) is 14.5 Å². The highest BCUT2D eigenvalue weighted by atomic mass is 35.5. The van der Waals surface area contributed by atoms with Crippen LogP contribution in [0.1, 0.15) is 80.3 Å². The van der Waals surface area contributed by atoms with Gasteiger partial charge in [0, 0.05) is 63.5 Å². The normalized spacial score (nSPS) is 29.0. The molecule has 2 fully saturated rings. The summed E-state index contributed by atoms with van der Waals surface area (Å²) in [6, 6.07) is 11.1. The molecule has 4 aliphatic rings. The van der Waals surface area contributed by atoms with E-state index in [9.17, 15) is 23.1 Å². The first-order chi connectivity index (χ1) is 24.9. The SMILES string of the molecule is COCC(=O)N1CCN(CC2(O)CCC[C@H](C)[C@@H](C)S(=O)(=O)NC(=O)c3ccc4c(c3)N(CCCCc3cc(Cl)ccc3CO4)C[C@@H]3CC[C@H]32)CC1. The van der Waals surface area contributed by atoms with Crippen molar-refractivity contribution in [2.45, 2.75) is 82.7 Å². The van der Waals surface area contributed by atoms with Crippen molar-refractivity contribution >= 4 is 39.1 Å². The van der Waals surface area contributed by atoms with Crippen LogP contribution < -0.4 is 14.4 Å². The van der Waals surface area contributed by atoms with Crippen molar-refractivity contribution in [3.63, 3.8) is 0 Å². The summed E-state index contributed by atoms with van der Waals surface area (Å²) in [7, 11) is -2.45. The highest BCUT2D eigenvalue weighted by molar-refractivity contribution is 7.90. The molecular formula is C39H55ClN4O7S. The third-order valence-electron chi connectivity index (χ3n) is 12.1. The third-order valence-corrected chi connectivity index (χ3v) is 14.2. The fourth-order valence-electron chi connectivity index (χ4n) is 8.55. The fourth-order valence-corrected chi connectivity index (χ4v) is 10.1. The third kappa shape index (κ3) is 8.89. The predicted octanol–water partition coefficient (Wildman–Crippen LogP) is 4.88. The Kier molecular flexibility index (Phi) is 12.4. The van der Waals surface area contributed by atoms with Gasteiger partial charge in [-0.3, -0.25) is 14.5 Å². The Labute approximate surface area is 314 Å². The lowest BCUT2D eigenvalue weighted by molar-refractivity contribution is -0.139. The molecule has 2 aromatic carbocycles. The Morgan fingerprint density at radius 1 is 1.02 bits per heavy atom. The number of amides is 2. The van der Waals surface area contributed by atoms with Gasteiger partial charge in [-0.15, -0.1) is 0 Å². The highest BCUT2D eigenvalue weighted by Gasteiger charge is 2.48. The van der Waals surface area contributed by atoms with E-state index in [-0.39, 0.29) is 35.8 Å². The molecule has 11 nitrogen and oxygen atoms in total. The number of aliphatic hydroxyl groups is 1. The topological polar surface area (TPSA) is 129 Å². The van der Waals surface area contributed by atoms with Crippen LogP contribution in [0.3, 0.4) is 0 Å². The molecule has 1 saturated carbocycles. The Hall–Kier alpha value is -2.90. The molecular weight excluding hydrogens is 704 g/mol. The number of halogens is 1. The molecule has 0 aromatic heterocycles. The maximum Gasteiger partial charge on any atom is 0.264 e. The van der Waals surface area contributed by atoms with Crippen molar-refractivity contribution < 1.29 is 32.6 Å². The minimum absolute atomic E-state index is 0.0190. The van der Waals surface area contributed by atoms with Gasteiger partial charge >= 0.3 is 0 Å². The zero-order chi connectivity index (χ0) is 37.0. The maximum absolute atomic E-state index is 13.6. The van der Waals surface area contributed by atoms with Gasteiger partial charge in [0.15, 0.2) is 0 Å². The largest absolute Gasteiger partial charge is 0.487 e. The molecule has 2 aromatic rings. The lowest BCUT2D eigenvalue weighted by atomic mass is 9.62. The van der Waals surface area contributed by atoms with E-state index in [1.807, 2.05) is 30.0 Å². The number of anilines is 1. The number of nitrogens with zero attached hydrogens (tertiary/aromatic N) is 3. The summed E-state index contributed by atoms with van der Waals surface area (Å²) in [6.45, 7) is 8.38. The second-order valence-corrected chi connectivity index (χ2v) is 17.9. The monoisotopic (exact) mass is 758 g/mol. The summed E-state index contributed by atoms with van der Waals surface area (Å²) < 4.78 is 40.9. The first-order valence-corrected chi connectivity index (χ1v) is 20.9. The van der Waals surface area contributed by atoms with E-state index in [1.54, 1.807) is 25.1 Å². The lowest BCUT2D eigenvalue weighted by Gasteiger charge is -2.51. The van der Waals surface area contributed by atoms with Crippen LogP contribution >= 0.6 is 11.6 Å². The van der Waals surface area contributed by atoms with Crippen molar-refractivity contribution in [3.05, 3.63) is 58.1 Å². The minimum Gasteiger partial charge on any atom is -0.487 e. The molecule has 1 aliphatic carbocycles. The number of carbonyl (C=O) groups is 2. The zero-order valence-electron chi connectivity index (χ0n) is 30.8. The van der Waals surface area contributed by atoms with Crippen molar-refractivity contribution in [3.8, 4) is 5.75 Å². The van der Waals surface area contributed by atoms with E-state index in [2.05, 4.69) is 14.5 Å². The lowest BCUT2D eigenvalue weighted by Crippen LogP contribution is -2.59.